The summed E-state index contributed by atoms with van der Waals surface area (Å²) in [6.07, 6.45) is -0.763. The summed E-state index contributed by atoms with van der Waals surface area (Å²) in [5.41, 5.74) is 5.86. The number of nitrogens with one attached hydrogen (secondary N) is 1. The van der Waals surface area contributed by atoms with Gasteiger partial charge in [-0.05, 0) is 36.4 Å². The molecule has 3 amide bonds. The molecule has 1 fully saturated rings. The lowest BCUT2D eigenvalue weighted by Gasteiger charge is -2.31. The average molecular weight is 341 g/mol. The number of amides is 3. The standard InChI is InChI=1S/C18H19N3O4/c19-17(22)16-12-21(10-11-24-16)18(23)20-13-6-8-15(9-7-13)25-14-4-2-1-3-5-14/h1-9,16H,10-12H2,(H2,19,22)(H,20,23). The minimum Gasteiger partial charge on any atom is -0.457 e. The minimum absolute atomic E-state index is 0.149. The van der Waals surface area contributed by atoms with Crippen LogP contribution in [-0.4, -0.2) is 42.6 Å². The molecular weight excluding hydrogens is 322 g/mol. The van der Waals surface area contributed by atoms with Crippen LogP contribution in [0, 0.1) is 0 Å². The van der Waals surface area contributed by atoms with E-state index < -0.39 is 12.0 Å². The molecule has 2 aromatic carbocycles. The van der Waals surface area contributed by atoms with Crippen molar-refractivity contribution in [2.24, 2.45) is 5.73 Å². The zero-order valence-electron chi connectivity index (χ0n) is 13.6. The first-order chi connectivity index (χ1) is 12.1. The van der Waals surface area contributed by atoms with E-state index in [0.29, 0.717) is 18.0 Å². The molecule has 130 valence electrons. The molecule has 1 saturated heterocycles. The van der Waals surface area contributed by atoms with Gasteiger partial charge in [0.25, 0.3) is 0 Å². The Morgan fingerprint density at radius 2 is 1.76 bits per heavy atom. The van der Waals surface area contributed by atoms with Gasteiger partial charge in [-0.15, -0.1) is 0 Å². The molecule has 3 N–H and O–H groups in total. The highest BCUT2D eigenvalue weighted by atomic mass is 16.5. The van der Waals surface area contributed by atoms with E-state index in [0.717, 1.165) is 5.75 Å². The molecule has 0 radical (unpaired) electrons. The summed E-state index contributed by atoms with van der Waals surface area (Å²) in [7, 11) is 0. The number of morpholine rings is 1. The maximum Gasteiger partial charge on any atom is 0.322 e. The molecule has 0 aromatic heterocycles. The zero-order valence-corrected chi connectivity index (χ0v) is 13.6. The lowest BCUT2D eigenvalue weighted by molar-refractivity contribution is -0.133. The van der Waals surface area contributed by atoms with Crippen molar-refractivity contribution in [2.45, 2.75) is 6.10 Å². The van der Waals surface area contributed by atoms with Gasteiger partial charge in [0.15, 0.2) is 6.10 Å². The quantitative estimate of drug-likeness (QED) is 0.891. The van der Waals surface area contributed by atoms with E-state index in [2.05, 4.69) is 5.32 Å². The molecule has 2 aromatic rings. The Labute approximate surface area is 145 Å². The van der Waals surface area contributed by atoms with E-state index in [4.69, 9.17) is 15.2 Å². The number of rotatable bonds is 4. The summed E-state index contributed by atoms with van der Waals surface area (Å²) in [5, 5.41) is 2.79. The van der Waals surface area contributed by atoms with Crippen LogP contribution in [0.5, 0.6) is 11.5 Å². The van der Waals surface area contributed by atoms with Gasteiger partial charge in [-0.1, -0.05) is 18.2 Å². The minimum atomic E-state index is -0.763. The van der Waals surface area contributed by atoms with E-state index in [1.165, 1.54) is 4.90 Å². The smallest absolute Gasteiger partial charge is 0.322 e. The third kappa shape index (κ3) is 4.48. The van der Waals surface area contributed by atoms with Crippen LogP contribution in [0.15, 0.2) is 54.6 Å². The van der Waals surface area contributed by atoms with E-state index in [1.54, 1.807) is 24.3 Å². The maximum absolute atomic E-state index is 12.3. The number of carbonyl (C=O) groups excluding carboxylic acids is 2. The molecule has 7 nitrogen and oxygen atoms in total. The number of ether oxygens (including phenoxy) is 2. The van der Waals surface area contributed by atoms with Gasteiger partial charge in [-0.25, -0.2) is 4.79 Å². The van der Waals surface area contributed by atoms with Gasteiger partial charge in [0, 0.05) is 12.2 Å². The van der Waals surface area contributed by atoms with Gasteiger partial charge < -0.3 is 25.4 Å². The third-order valence-corrected chi connectivity index (χ3v) is 3.76. The van der Waals surface area contributed by atoms with Crippen molar-refractivity contribution < 1.29 is 19.1 Å². The number of anilines is 1. The summed E-state index contributed by atoms with van der Waals surface area (Å²) in [6, 6.07) is 16.2. The molecular formula is C18H19N3O4. The molecule has 1 aliphatic heterocycles. The lowest BCUT2D eigenvalue weighted by Crippen LogP contribution is -2.51. The zero-order chi connectivity index (χ0) is 17.6. The Kier molecular flexibility index (Phi) is 5.15. The monoisotopic (exact) mass is 341 g/mol. The van der Waals surface area contributed by atoms with Gasteiger partial charge in [0.1, 0.15) is 11.5 Å². The van der Waals surface area contributed by atoms with Crippen molar-refractivity contribution >= 4 is 17.6 Å². The van der Waals surface area contributed by atoms with Crippen molar-refractivity contribution in [2.75, 3.05) is 25.0 Å². The number of hydrogen-bond acceptors (Lipinski definition) is 4. The summed E-state index contributed by atoms with van der Waals surface area (Å²) < 4.78 is 10.9. The van der Waals surface area contributed by atoms with Crippen LogP contribution in [0.3, 0.4) is 0 Å². The number of hydrogen-bond donors (Lipinski definition) is 2. The van der Waals surface area contributed by atoms with Gasteiger partial charge in [-0.2, -0.15) is 0 Å². The van der Waals surface area contributed by atoms with Gasteiger partial charge in [-0.3, -0.25) is 4.79 Å². The first-order valence-electron chi connectivity index (χ1n) is 7.91. The van der Waals surface area contributed by atoms with Crippen LogP contribution in [0.25, 0.3) is 0 Å². The molecule has 0 saturated carbocycles. The lowest BCUT2D eigenvalue weighted by atomic mass is 10.2. The SMILES string of the molecule is NC(=O)C1CN(C(=O)Nc2ccc(Oc3ccccc3)cc2)CCO1. The van der Waals surface area contributed by atoms with Crippen LogP contribution in [0.1, 0.15) is 0 Å². The molecule has 1 heterocycles. The van der Waals surface area contributed by atoms with E-state index in [-0.39, 0.29) is 19.2 Å². The number of para-hydroxylation sites is 1. The Morgan fingerprint density at radius 1 is 1.08 bits per heavy atom. The van der Waals surface area contributed by atoms with Crippen LogP contribution in [0.4, 0.5) is 10.5 Å². The Bertz CT molecular complexity index is 734. The molecule has 3 rings (SSSR count). The van der Waals surface area contributed by atoms with Crippen molar-refractivity contribution in [3.05, 3.63) is 54.6 Å². The summed E-state index contributed by atoms with van der Waals surface area (Å²) >= 11 is 0. The predicted octanol–water partition coefficient (Wildman–Crippen LogP) is 2.20. The van der Waals surface area contributed by atoms with Gasteiger partial charge >= 0.3 is 6.03 Å². The van der Waals surface area contributed by atoms with E-state index in [9.17, 15) is 9.59 Å². The van der Waals surface area contributed by atoms with Crippen molar-refractivity contribution in [1.29, 1.82) is 0 Å². The first kappa shape index (κ1) is 16.8. The first-order valence-corrected chi connectivity index (χ1v) is 7.91. The molecule has 0 spiro atoms. The second-order valence-corrected chi connectivity index (χ2v) is 5.58. The van der Waals surface area contributed by atoms with Gasteiger partial charge in [0.2, 0.25) is 5.91 Å². The molecule has 25 heavy (non-hydrogen) atoms. The number of nitrogens with two attached hydrogens (primary N) is 1. The Morgan fingerprint density at radius 3 is 2.44 bits per heavy atom. The second-order valence-electron chi connectivity index (χ2n) is 5.58. The van der Waals surface area contributed by atoms with E-state index >= 15 is 0 Å². The molecule has 1 atom stereocenters. The van der Waals surface area contributed by atoms with Crippen molar-refractivity contribution in [3.8, 4) is 11.5 Å². The number of carbonyl (C=O) groups is 2. The van der Waals surface area contributed by atoms with Crippen molar-refractivity contribution in [3.63, 3.8) is 0 Å². The normalized spacial score (nSPS) is 17.0. The Balaban J connectivity index is 1.57. The fraction of sp³-hybridized carbons (Fsp3) is 0.222. The molecule has 1 unspecified atom stereocenters. The second kappa shape index (κ2) is 7.67. The third-order valence-electron chi connectivity index (χ3n) is 3.76. The summed E-state index contributed by atoms with van der Waals surface area (Å²) in [5.74, 6) is 0.842. The van der Waals surface area contributed by atoms with Crippen LogP contribution in [-0.2, 0) is 9.53 Å². The van der Waals surface area contributed by atoms with Crippen LogP contribution in [0.2, 0.25) is 0 Å². The molecule has 7 heteroatoms. The number of benzene rings is 2. The number of nitrogens with zero attached hydrogens (tertiary/aromatic N) is 1. The molecule has 0 aliphatic carbocycles. The van der Waals surface area contributed by atoms with Gasteiger partial charge in [0.05, 0.1) is 13.2 Å². The Hall–Kier alpha value is -3.06. The highest BCUT2D eigenvalue weighted by molar-refractivity contribution is 5.90. The largest absolute Gasteiger partial charge is 0.457 e. The highest BCUT2D eigenvalue weighted by Gasteiger charge is 2.27. The number of urea groups is 1. The summed E-state index contributed by atoms with van der Waals surface area (Å²) in [4.78, 5) is 25.0. The summed E-state index contributed by atoms with van der Waals surface area (Å²) in [6.45, 7) is 0.839. The topological polar surface area (TPSA) is 93.9 Å². The average Bonchev–Trinajstić information content (AvgIpc) is 2.64. The van der Waals surface area contributed by atoms with Crippen LogP contribution >= 0.6 is 0 Å². The highest BCUT2D eigenvalue weighted by Crippen LogP contribution is 2.22. The number of primary amides is 1. The fourth-order valence-electron chi connectivity index (χ4n) is 2.44. The molecule has 0 bridgehead atoms. The molecule has 1 aliphatic rings. The maximum atomic E-state index is 12.3. The van der Waals surface area contributed by atoms with Crippen LogP contribution < -0.4 is 15.8 Å². The van der Waals surface area contributed by atoms with Crippen molar-refractivity contribution in [1.82, 2.24) is 4.90 Å². The fourth-order valence-corrected chi connectivity index (χ4v) is 2.44. The van der Waals surface area contributed by atoms with E-state index in [1.807, 2.05) is 30.3 Å². The predicted molar refractivity (Wildman–Crippen MR) is 92.5 cm³/mol.